The first-order valence-corrected chi connectivity index (χ1v) is 9.53. The van der Waals surface area contributed by atoms with E-state index in [0.717, 1.165) is 37.8 Å². The number of nitrogens with two attached hydrogens (primary N) is 1. The molecule has 0 aliphatic heterocycles. The van der Waals surface area contributed by atoms with E-state index in [1.807, 2.05) is 12.3 Å². The maximum absolute atomic E-state index is 5.71. The Morgan fingerprint density at radius 3 is 2.69 bits per heavy atom. The van der Waals surface area contributed by atoms with Gasteiger partial charge in [-0.2, -0.15) is 0 Å². The number of ether oxygens (including phenoxy) is 1. The monoisotopic (exact) mass is 351 g/mol. The molecule has 3 aromatic rings. The molecule has 4 heteroatoms. The number of hydrogen-bond acceptors (Lipinski definition) is 3. The number of aromatic nitrogens is 2. The molecule has 0 saturated carbocycles. The summed E-state index contributed by atoms with van der Waals surface area (Å²) in [5.41, 5.74) is 12.0. The third-order valence-corrected chi connectivity index (χ3v) is 5.23. The number of nitrogens with one attached hydrogen (secondary N) is 1. The van der Waals surface area contributed by atoms with Crippen LogP contribution >= 0.6 is 0 Å². The van der Waals surface area contributed by atoms with Gasteiger partial charge in [0.2, 0.25) is 5.88 Å². The average molecular weight is 351 g/mol. The lowest BCUT2D eigenvalue weighted by molar-refractivity contribution is 0.398. The Balaban J connectivity index is 2.13. The van der Waals surface area contributed by atoms with Crippen LogP contribution in [-0.4, -0.2) is 23.6 Å². The zero-order valence-corrected chi connectivity index (χ0v) is 16.0. The summed E-state index contributed by atoms with van der Waals surface area (Å²) in [5, 5.41) is 1.32. The first-order chi connectivity index (χ1) is 12.7. The molecule has 1 aromatic carbocycles. The van der Waals surface area contributed by atoms with Crippen molar-refractivity contribution in [2.45, 2.75) is 45.4 Å². The third kappa shape index (κ3) is 3.61. The summed E-state index contributed by atoms with van der Waals surface area (Å²) in [6.07, 6.45) is 6.16. The minimum Gasteiger partial charge on any atom is -0.481 e. The Kier molecular flexibility index (Phi) is 5.94. The van der Waals surface area contributed by atoms with Gasteiger partial charge in [-0.15, -0.1) is 0 Å². The average Bonchev–Trinajstić information content (AvgIpc) is 3.06. The molecule has 138 valence electrons. The molecule has 3 rings (SSSR count). The maximum Gasteiger partial charge on any atom is 0.212 e. The lowest BCUT2D eigenvalue weighted by Crippen LogP contribution is -1.99. The molecule has 3 N–H and O–H groups in total. The Bertz CT molecular complexity index is 852. The molecule has 0 spiro atoms. The second-order valence-electron chi connectivity index (χ2n) is 6.89. The highest BCUT2D eigenvalue weighted by Gasteiger charge is 2.17. The highest BCUT2D eigenvalue weighted by atomic mass is 16.5. The van der Waals surface area contributed by atoms with Crippen LogP contribution in [0.1, 0.15) is 50.2 Å². The molecular formula is C22H29N3O. The summed E-state index contributed by atoms with van der Waals surface area (Å²) >= 11 is 0. The van der Waals surface area contributed by atoms with Gasteiger partial charge in [0.05, 0.1) is 12.8 Å². The molecule has 0 radical (unpaired) electrons. The van der Waals surface area contributed by atoms with Crippen molar-refractivity contribution in [3.8, 4) is 17.1 Å². The molecule has 0 aliphatic rings. The van der Waals surface area contributed by atoms with Crippen LogP contribution in [0.2, 0.25) is 0 Å². The van der Waals surface area contributed by atoms with Gasteiger partial charge in [0.15, 0.2) is 0 Å². The van der Waals surface area contributed by atoms with E-state index >= 15 is 0 Å². The summed E-state index contributed by atoms with van der Waals surface area (Å²) in [4.78, 5) is 8.11. The topological polar surface area (TPSA) is 63.9 Å². The molecule has 4 nitrogen and oxygen atoms in total. The summed E-state index contributed by atoms with van der Waals surface area (Å²) in [7, 11) is 1.64. The number of nitrogens with zero attached hydrogens (tertiary/aromatic N) is 1. The largest absolute Gasteiger partial charge is 0.481 e. The number of fused-ring (bicyclic) bond motifs is 1. The van der Waals surface area contributed by atoms with Crippen molar-refractivity contribution in [1.29, 1.82) is 0 Å². The molecule has 2 heterocycles. The Morgan fingerprint density at radius 2 is 2.04 bits per heavy atom. The predicted molar refractivity (Wildman–Crippen MR) is 109 cm³/mol. The fraction of sp³-hybridized carbons (Fsp3) is 0.409. The van der Waals surface area contributed by atoms with Crippen LogP contribution in [0.15, 0.2) is 36.5 Å². The number of H-pyrrole nitrogens is 1. The van der Waals surface area contributed by atoms with E-state index in [9.17, 15) is 0 Å². The van der Waals surface area contributed by atoms with E-state index < -0.39 is 0 Å². The lowest BCUT2D eigenvalue weighted by Gasteiger charge is -2.10. The SMILES string of the molecule is CCC(C)c1cccc2c(CCCCN)c(-c3ccc(OC)nc3)[nH]c12. The van der Waals surface area contributed by atoms with Gasteiger partial charge in [-0.3, -0.25) is 0 Å². The van der Waals surface area contributed by atoms with E-state index in [1.165, 1.54) is 27.7 Å². The molecule has 1 atom stereocenters. The van der Waals surface area contributed by atoms with Crippen LogP contribution in [0.25, 0.3) is 22.2 Å². The van der Waals surface area contributed by atoms with Crippen molar-refractivity contribution < 1.29 is 4.74 Å². The van der Waals surface area contributed by atoms with Crippen LogP contribution in [0, 0.1) is 0 Å². The number of pyridine rings is 1. The minimum absolute atomic E-state index is 0.524. The van der Waals surface area contributed by atoms with Gasteiger partial charge in [0, 0.05) is 28.7 Å². The standard InChI is InChI=1S/C22H29N3O/c1-4-15(2)17-9-7-10-19-18(8-5-6-13-23)21(25-22(17)19)16-11-12-20(26-3)24-14-16/h7,9-12,14-15,25H,4-6,8,13,23H2,1-3H3. The molecule has 0 aliphatic carbocycles. The van der Waals surface area contributed by atoms with Crippen LogP contribution in [0.5, 0.6) is 5.88 Å². The van der Waals surface area contributed by atoms with Crippen LogP contribution in [0.3, 0.4) is 0 Å². The highest BCUT2D eigenvalue weighted by Crippen LogP contribution is 2.36. The summed E-state index contributed by atoms with van der Waals surface area (Å²) in [6, 6.07) is 10.6. The zero-order chi connectivity index (χ0) is 18.5. The van der Waals surface area contributed by atoms with E-state index in [2.05, 4.69) is 48.1 Å². The van der Waals surface area contributed by atoms with Gasteiger partial charge < -0.3 is 15.5 Å². The summed E-state index contributed by atoms with van der Waals surface area (Å²) < 4.78 is 5.20. The minimum atomic E-state index is 0.524. The Labute approximate surface area is 155 Å². The molecule has 0 saturated heterocycles. The summed E-state index contributed by atoms with van der Waals surface area (Å²) in [6.45, 7) is 5.27. The van der Waals surface area contributed by atoms with Crippen molar-refractivity contribution in [2.75, 3.05) is 13.7 Å². The van der Waals surface area contributed by atoms with Crippen molar-refractivity contribution >= 4 is 10.9 Å². The molecule has 2 aromatic heterocycles. The molecule has 0 amide bonds. The number of unbranched alkanes of at least 4 members (excludes halogenated alkanes) is 1. The maximum atomic E-state index is 5.71. The lowest BCUT2D eigenvalue weighted by atomic mass is 9.94. The number of para-hydroxylation sites is 1. The van der Waals surface area contributed by atoms with Crippen molar-refractivity contribution in [3.05, 3.63) is 47.7 Å². The van der Waals surface area contributed by atoms with Crippen molar-refractivity contribution in [1.82, 2.24) is 9.97 Å². The number of methoxy groups -OCH3 is 1. The molecule has 26 heavy (non-hydrogen) atoms. The van der Waals surface area contributed by atoms with Gasteiger partial charge in [-0.25, -0.2) is 4.98 Å². The zero-order valence-electron chi connectivity index (χ0n) is 16.0. The highest BCUT2D eigenvalue weighted by molar-refractivity contribution is 5.93. The van der Waals surface area contributed by atoms with Crippen LogP contribution in [0.4, 0.5) is 0 Å². The number of benzene rings is 1. The van der Waals surface area contributed by atoms with E-state index in [1.54, 1.807) is 7.11 Å². The normalized spacial score (nSPS) is 12.5. The second-order valence-corrected chi connectivity index (χ2v) is 6.89. The number of aromatic amines is 1. The smallest absolute Gasteiger partial charge is 0.212 e. The Morgan fingerprint density at radius 1 is 1.19 bits per heavy atom. The predicted octanol–water partition coefficient (Wildman–Crippen LogP) is 5.03. The van der Waals surface area contributed by atoms with Gasteiger partial charge in [0.25, 0.3) is 0 Å². The van der Waals surface area contributed by atoms with Crippen molar-refractivity contribution in [3.63, 3.8) is 0 Å². The number of aryl methyl sites for hydroxylation is 1. The van der Waals surface area contributed by atoms with Gasteiger partial charge >= 0.3 is 0 Å². The molecule has 0 fully saturated rings. The van der Waals surface area contributed by atoms with Crippen molar-refractivity contribution in [2.24, 2.45) is 5.73 Å². The fourth-order valence-electron chi connectivity index (χ4n) is 3.53. The first-order valence-electron chi connectivity index (χ1n) is 9.53. The molecule has 1 unspecified atom stereocenters. The van der Waals surface area contributed by atoms with E-state index in [4.69, 9.17) is 10.5 Å². The third-order valence-electron chi connectivity index (χ3n) is 5.23. The molecular weight excluding hydrogens is 322 g/mol. The van der Waals surface area contributed by atoms with Gasteiger partial charge in [-0.05, 0) is 55.3 Å². The quantitative estimate of drug-likeness (QED) is 0.559. The van der Waals surface area contributed by atoms with Crippen LogP contribution in [-0.2, 0) is 6.42 Å². The fourth-order valence-corrected chi connectivity index (χ4v) is 3.53. The number of hydrogen-bond donors (Lipinski definition) is 2. The first kappa shape index (κ1) is 18.5. The summed E-state index contributed by atoms with van der Waals surface area (Å²) in [5.74, 6) is 1.16. The van der Waals surface area contributed by atoms with E-state index in [0.29, 0.717) is 11.8 Å². The van der Waals surface area contributed by atoms with Gasteiger partial charge in [-0.1, -0.05) is 32.0 Å². The Hall–Kier alpha value is -2.33. The second kappa shape index (κ2) is 8.37. The number of rotatable bonds is 8. The van der Waals surface area contributed by atoms with E-state index in [-0.39, 0.29) is 0 Å². The van der Waals surface area contributed by atoms with Crippen LogP contribution < -0.4 is 10.5 Å². The van der Waals surface area contributed by atoms with Gasteiger partial charge in [0.1, 0.15) is 0 Å². The molecule has 0 bridgehead atoms.